The molecule has 0 spiro atoms. The molecule has 2 N–H and O–H groups in total. The Bertz CT molecular complexity index is 1070. The lowest BCUT2D eigenvalue weighted by Gasteiger charge is -2.58. The Labute approximate surface area is 200 Å². The molecule has 9 heteroatoms. The molecule has 0 radical (unpaired) electrons. The van der Waals surface area contributed by atoms with E-state index in [1.54, 1.807) is 25.1 Å². The summed E-state index contributed by atoms with van der Waals surface area (Å²) in [6.07, 6.45) is 3.62. The van der Waals surface area contributed by atoms with E-state index in [0.717, 1.165) is 37.7 Å². The summed E-state index contributed by atoms with van der Waals surface area (Å²) in [5.74, 6) is -0.0544. The van der Waals surface area contributed by atoms with Gasteiger partial charge in [-0.15, -0.1) is 11.3 Å². The van der Waals surface area contributed by atoms with E-state index in [9.17, 15) is 14.7 Å². The van der Waals surface area contributed by atoms with E-state index < -0.39 is 23.0 Å². The van der Waals surface area contributed by atoms with E-state index in [-0.39, 0.29) is 5.97 Å². The van der Waals surface area contributed by atoms with Crippen LogP contribution in [0.3, 0.4) is 0 Å². The van der Waals surface area contributed by atoms with Gasteiger partial charge in [0.15, 0.2) is 11.2 Å². The first-order chi connectivity index (χ1) is 15.1. The van der Waals surface area contributed by atoms with E-state index in [0.29, 0.717) is 39.1 Å². The number of anilines is 1. The van der Waals surface area contributed by atoms with Crippen molar-refractivity contribution in [2.75, 3.05) is 5.32 Å². The van der Waals surface area contributed by atoms with Crippen molar-refractivity contribution in [2.24, 2.45) is 17.3 Å². The van der Waals surface area contributed by atoms with Crippen molar-refractivity contribution >= 4 is 51.5 Å². The van der Waals surface area contributed by atoms with Gasteiger partial charge in [0.1, 0.15) is 0 Å². The molecule has 32 heavy (non-hydrogen) atoms. The third kappa shape index (κ3) is 4.04. The van der Waals surface area contributed by atoms with Crippen LogP contribution in [0, 0.1) is 17.3 Å². The molecule has 0 aliphatic heterocycles. The third-order valence-corrected chi connectivity index (χ3v) is 8.56. The van der Waals surface area contributed by atoms with Gasteiger partial charge >= 0.3 is 5.97 Å². The van der Waals surface area contributed by atoms with Gasteiger partial charge in [-0.2, -0.15) is 0 Å². The molecule has 0 unspecified atom stereocenters. The largest absolute Gasteiger partial charge is 0.452 e. The number of carbonyl (C=O) groups is 2. The van der Waals surface area contributed by atoms with E-state index in [1.165, 1.54) is 11.3 Å². The van der Waals surface area contributed by atoms with Gasteiger partial charge in [-0.25, -0.2) is 4.98 Å². The predicted molar refractivity (Wildman–Crippen MR) is 124 cm³/mol. The normalized spacial score (nSPS) is 31.4. The number of ether oxygens (including phenoxy) is 1. The molecule has 1 aromatic carbocycles. The molecule has 4 bridgehead atoms. The number of esters is 1. The Balaban J connectivity index is 1.23. The molecule has 170 valence electrons. The summed E-state index contributed by atoms with van der Waals surface area (Å²) in [6.45, 7) is 1.57. The molecular formula is C23H24Cl2N2O4S. The van der Waals surface area contributed by atoms with Gasteiger partial charge in [0.25, 0.3) is 5.91 Å². The second kappa shape index (κ2) is 7.97. The van der Waals surface area contributed by atoms with E-state index in [2.05, 4.69) is 10.3 Å². The Kier molecular flexibility index (Phi) is 5.52. The van der Waals surface area contributed by atoms with Crippen LogP contribution < -0.4 is 5.32 Å². The van der Waals surface area contributed by atoms with Crippen LogP contribution in [0.2, 0.25) is 10.0 Å². The lowest BCUT2D eigenvalue weighted by molar-refractivity contribution is -0.199. The van der Waals surface area contributed by atoms with Crippen LogP contribution in [0.15, 0.2) is 23.6 Å². The number of nitrogens with one attached hydrogen (secondary N) is 1. The van der Waals surface area contributed by atoms with Crippen LogP contribution in [-0.2, 0) is 14.3 Å². The van der Waals surface area contributed by atoms with Crippen LogP contribution in [-0.4, -0.2) is 33.7 Å². The fraction of sp³-hybridized carbons (Fsp3) is 0.522. The number of aliphatic hydroxyl groups is 1. The number of thiazole rings is 1. The molecule has 1 aromatic heterocycles. The average molecular weight is 495 g/mol. The monoisotopic (exact) mass is 494 g/mol. The van der Waals surface area contributed by atoms with Crippen molar-refractivity contribution in [2.45, 2.75) is 57.2 Å². The summed E-state index contributed by atoms with van der Waals surface area (Å²) in [5, 5.41) is 16.7. The average Bonchev–Trinajstić information content (AvgIpc) is 3.16. The quantitative estimate of drug-likeness (QED) is 0.549. The van der Waals surface area contributed by atoms with E-state index in [4.69, 9.17) is 27.9 Å². The summed E-state index contributed by atoms with van der Waals surface area (Å²) in [6, 6.07) is 5.21. The van der Waals surface area contributed by atoms with Gasteiger partial charge in [-0.1, -0.05) is 29.3 Å². The zero-order chi connectivity index (χ0) is 22.7. The van der Waals surface area contributed by atoms with Gasteiger partial charge in [0, 0.05) is 10.9 Å². The summed E-state index contributed by atoms with van der Waals surface area (Å²) < 4.78 is 5.62. The van der Waals surface area contributed by atoms with Gasteiger partial charge in [-0.3, -0.25) is 14.9 Å². The zero-order valence-corrected chi connectivity index (χ0v) is 19.9. The van der Waals surface area contributed by atoms with Gasteiger partial charge in [0.2, 0.25) is 0 Å². The number of rotatable bonds is 5. The van der Waals surface area contributed by atoms with Gasteiger partial charge < -0.3 is 9.84 Å². The van der Waals surface area contributed by atoms with E-state index >= 15 is 0 Å². The maximum atomic E-state index is 13.1. The first-order valence-corrected chi connectivity index (χ1v) is 12.4. The Hall–Kier alpha value is -1.67. The minimum Gasteiger partial charge on any atom is -0.452 e. The second-order valence-corrected chi connectivity index (χ2v) is 11.3. The first-order valence-electron chi connectivity index (χ1n) is 10.8. The van der Waals surface area contributed by atoms with Crippen molar-refractivity contribution in [3.8, 4) is 11.3 Å². The van der Waals surface area contributed by atoms with Crippen molar-refractivity contribution in [3.63, 3.8) is 0 Å². The summed E-state index contributed by atoms with van der Waals surface area (Å²) in [5.41, 5.74) is 0.0390. The van der Waals surface area contributed by atoms with Crippen molar-refractivity contribution in [1.29, 1.82) is 0 Å². The Morgan fingerprint density at radius 3 is 2.59 bits per heavy atom. The minimum absolute atomic E-state index is 0.358. The number of aromatic nitrogens is 1. The topological polar surface area (TPSA) is 88.5 Å². The fourth-order valence-electron chi connectivity index (χ4n) is 6.12. The molecule has 4 aliphatic carbocycles. The fourth-order valence-corrected chi connectivity index (χ4v) is 7.14. The molecule has 1 amide bonds. The van der Waals surface area contributed by atoms with Crippen LogP contribution in [0.5, 0.6) is 0 Å². The smallest absolute Gasteiger partial charge is 0.312 e. The highest BCUT2D eigenvalue weighted by atomic mass is 35.5. The number of halogens is 2. The highest BCUT2D eigenvalue weighted by Gasteiger charge is 2.61. The Morgan fingerprint density at radius 1 is 1.22 bits per heavy atom. The number of hydrogen-bond acceptors (Lipinski definition) is 6. The number of carbonyl (C=O) groups excluding carboxylic acids is 2. The van der Waals surface area contributed by atoms with Crippen molar-refractivity contribution in [3.05, 3.63) is 33.6 Å². The molecule has 1 heterocycles. The molecule has 4 saturated carbocycles. The van der Waals surface area contributed by atoms with Crippen molar-refractivity contribution in [1.82, 2.24) is 4.98 Å². The molecule has 6 nitrogen and oxygen atoms in total. The summed E-state index contributed by atoms with van der Waals surface area (Å²) >= 11 is 13.3. The van der Waals surface area contributed by atoms with Gasteiger partial charge in [-0.05, 0) is 69.4 Å². The molecule has 6 rings (SSSR count). The second-order valence-electron chi connectivity index (χ2n) is 9.67. The molecule has 0 saturated heterocycles. The predicted octanol–water partition coefficient (Wildman–Crippen LogP) is 5.32. The van der Waals surface area contributed by atoms with Gasteiger partial charge in [0.05, 0.1) is 26.8 Å². The summed E-state index contributed by atoms with van der Waals surface area (Å²) in [7, 11) is 0. The minimum atomic E-state index is -0.956. The van der Waals surface area contributed by atoms with Crippen LogP contribution in [0.25, 0.3) is 11.3 Å². The highest BCUT2D eigenvalue weighted by molar-refractivity contribution is 7.14. The molecule has 4 fully saturated rings. The molecule has 2 aromatic rings. The maximum Gasteiger partial charge on any atom is 0.312 e. The Morgan fingerprint density at radius 2 is 1.94 bits per heavy atom. The van der Waals surface area contributed by atoms with Crippen LogP contribution in [0.4, 0.5) is 5.13 Å². The number of benzene rings is 1. The molecule has 3 atom stereocenters. The standard InChI is InChI=1S/C23H24Cl2N2O4S/c1-12(31-20(29)22-6-13-4-14(7-22)9-23(30,8-13)11-22)19(28)27-21-26-18(10-32-21)15-2-3-16(24)17(25)5-15/h2-3,5,10,12-14,30H,4,6-9,11H2,1H3,(H,26,27,28)/t12-,13-,14-,22?,23?/m1/s1. The van der Waals surface area contributed by atoms with E-state index in [1.807, 2.05) is 5.38 Å². The third-order valence-electron chi connectivity index (χ3n) is 7.07. The lowest BCUT2D eigenvalue weighted by Crippen LogP contribution is -2.59. The number of amides is 1. The summed E-state index contributed by atoms with van der Waals surface area (Å²) in [4.78, 5) is 30.2. The first kappa shape index (κ1) is 22.1. The molecule has 4 aliphatic rings. The number of nitrogens with zero attached hydrogens (tertiary/aromatic N) is 1. The number of hydrogen-bond donors (Lipinski definition) is 2. The zero-order valence-electron chi connectivity index (χ0n) is 17.6. The lowest BCUT2D eigenvalue weighted by atomic mass is 9.48. The van der Waals surface area contributed by atoms with Crippen LogP contribution >= 0.6 is 34.5 Å². The SMILES string of the molecule is C[C@@H](OC(=O)C12C[C@H]3C[C@@H](CC(O)(C3)C1)C2)C(=O)Nc1nc(-c2ccc(Cl)c(Cl)c2)cs1. The van der Waals surface area contributed by atoms with Crippen LogP contribution in [0.1, 0.15) is 45.4 Å². The molecular weight excluding hydrogens is 471 g/mol. The van der Waals surface area contributed by atoms with Crippen molar-refractivity contribution < 1.29 is 19.4 Å². The highest BCUT2D eigenvalue weighted by Crippen LogP contribution is 2.62. The maximum absolute atomic E-state index is 13.1.